The van der Waals surface area contributed by atoms with Gasteiger partial charge in [-0.25, -0.2) is 0 Å². The van der Waals surface area contributed by atoms with E-state index < -0.39 is 0 Å². The van der Waals surface area contributed by atoms with E-state index in [4.69, 9.17) is 0 Å². The predicted molar refractivity (Wildman–Crippen MR) is 48.9 cm³/mol. The van der Waals surface area contributed by atoms with Crippen LogP contribution in [-0.2, 0) is 4.79 Å². The van der Waals surface area contributed by atoms with Crippen LogP contribution in [0.15, 0.2) is 0 Å². The number of carbonyl (C=O) groups is 1. The van der Waals surface area contributed by atoms with Gasteiger partial charge in [-0.05, 0) is 6.92 Å². The summed E-state index contributed by atoms with van der Waals surface area (Å²) in [7, 11) is 0. The van der Waals surface area contributed by atoms with E-state index in [1.807, 2.05) is 4.90 Å². The molecule has 1 amide bonds. The quantitative estimate of drug-likeness (QED) is 0.658. The first-order chi connectivity index (χ1) is 5.43. The lowest BCUT2D eigenvalue weighted by atomic mass is 9.91. The van der Waals surface area contributed by atoms with Crippen molar-refractivity contribution >= 4 is 5.91 Å². The third-order valence-electron chi connectivity index (χ3n) is 2.16. The molecule has 1 fully saturated rings. The third-order valence-corrected chi connectivity index (χ3v) is 2.16. The Kier molecular flexibility index (Phi) is 2.42. The van der Waals surface area contributed by atoms with Gasteiger partial charge in [0.1, 0.15) is 0 Å². The maximum absolute atomic E-state index is 10.9. The summed E-state index contributed by atoms with van der Waals surface area (Å²) in [5, 5.41) is 3.45. The first-order valence-corrected chi connectivity index (χ1v) is 4.46. The van der Waals surface area contributed by atoms with E-state index in [9.17, 15) is 4.79 Å². The van der Waals surface area contributed by atoms with Crippen LogP contribution >= 0.6 is 0 Å². The topological polar surface area (TPSA) is 32.3 Å². The van der Waals surface area contributed by atoms with Gasteiger partial charge in [-0.1, -0.05) is 13.8 Å². The normalized spacial score (nSPS) is 20.9. The molecule has 1 heterocycles. The van der Waals surface area contributed by atoms with Crippen LogP contribution in [0.1, 0.15) is 27.7 Å². The number of rotatable bonds is 2. The fourth-order valence-corrected chi connectivity index (χ4v) is 1.81. The molecule has 1 aliphatic rings. The van der Waals surface area contributed by atoms with Gasteiger partial charge in [-0.2, -0.15) is 0 Å². The third kappa shape index (κ3) is 1.97. The van der Waals surface area contributed by atoms with Gasteiger partial charge in [-0.15, -0.1) is 0 Å². The zero-order valence-electron chi connectivity index (χ0n) is 8.35. The highest BCUT2D eigenvalue weighted by Gasteiger charge is 2.39. The van der Waals surface area contributed by atoms with Crippen molar-refractivity contribution in [1.29, 1.82) is 0 Å². The molecule has 0 aromatic heterocycles. The minimum atomic E-state index is 0.153. The minimum absolute atomic E-state index is 0.153. The molecule has 0 aromatic carbocycles. The van der Waals surface area contributed by atoms with E-state index in [-0.39, 0.29) is 11.4 Å². The highest BCUT2D eigenvalue weighted by molar-refractivity contribution is 5.74. The Labute approximate surface area is 74.1 Å². The molecule has 1 saturated heterocycles. The van der Waals surface area contributed by atoms with Crippen LogP contribution in [0.25, 0.3) is 0 Å². The lowest BCUT2D eigenvalue weighted by molar-refractivity contribution is -0.137. The monoisotopic (exact) mass is 170 g/mol. The first kappa shape index (κ1) is 9.52. The maximum Gasteiger partial charge on any atom is 0.219 e. The molecule has 1 aliphatic heterocycles. The van der Waals surface area contributed by atoms with Gasteiger partial charge >= 0.3 is 0 Å². The van der Waals surface area contributed by atoms with E-state index >= 15 is 0 Å². The Morgan fingerprint density at radius 2 is 2.00 bits per heavy atom. The molecule has 12 heavy (non-hydrogen) atoms. The van der Waals surface area contributed by atoms with Gasteiger partial charge < -0.3 is 10.2 Å². The molecule has 0 spiro atoms. The van der Waals surface area contributed by atoms with E-state index in [1.54, 1.807) is 6.92 Å². The highest BCUT2D eigenvalue weighted by Crippen LogP contribution is 2.20. The van der Waals surface area contributed by atoms with Gasteiger partial charge in [0.2, 0.25) is 5.91 Å². The van der Waals surface area contributed by atoms with Crippen LogP contribution in [0.5, 0.6) is 0 Å². The number of nitrogens with one attached hydrogen (secondary N) is 1. The highest BCUT2D eigenvalue weighted by atomic mass is 16.2. The second kappa shape index (κ2) is 3.05. The number of carbonyl (C=O) groups excluding carboxylic acids is 1. The summed E-state index contributed by atoms with van der Waals surface area (Å²) in [6.45, 7) is 9.73. The SMILES string of the molecule is CC(=O)N1CC(C)(NC(C)C)C1. The van der Waals surface area contributed by atoms with Crippen molar-refractivity contribution in [1.82, 2.24) is 10.2 Å². The Bertz CT molecular complexity index is 183. The first-order valence-electron chi connectivity index (χ1n) is 4.46. The van der Waals surface area contributed by atoms with E-state index in [1.165, 1.54) is 0 Å². The van der Waals surface area contributed by atoms with Crippen molar-refractivity contribution in [2.24, 2.45) is 0 Å². The van der Waals surface area contributed by atoms with Gasteiger partial charge in [0.25, 0.3) is 0 Å². The fraction of sp³-hybridized carbons (Fsp3) is 0.889. The molecule has 0 saturated carbocycles. The Hall–Kier alpha value is -0.570. The molecule has 0 radical (unpaired) electrons. The second-order valence-corrected chi connectivity index (χ2v) is 4.23. The van der Waals surface area contributed by atoms with Gasteiger partial charge in [0, 0.05) is 26.1 Å². The van der Waals surface area contributed by atoms with Crippen LogP contribution < -0.4 is 5.32 Å². The molecule has 0 aromatic rings. The zero-order chi connectivity index (χ0) is 9.35. The molecule has 0 atom stereocenters. The minimum Gasteiger partial charge on any atom is -0.339 e. The molecule has 3 nitrogen and oxygen atoms in total. The fourth-order valence-electron chi connectivity index (χ4n) is 1.81. The smallest absolute Gasteiger partial charge is 0.219 e. The largest absolute Gasteiger partial charge is 0.339 e. The summed E-state index contributed by atoms with van der Waals surface area (Å²) in [4.78, 5) is 12.8. The van der Waals surface area contributed by atoms with Gasteiger partial charge in [-0.3, -0.25) is 4.79 Å². The Morgan fingerprint density at radius 1 is 1.50 bits per heavy atom. The van der Waals surface area contributed by atoms with Crippen LogP contribution in [-0.4, -0.2) is 35.5 Å². The summed E-state index contributed by atoms with van der Waals surface area (Å²) < 4.78 is 0. The summed E-state index contributed by atoms with van der Waals surface area (Å²) in [5.74, 6) is 0.179. The molecule has 0 unspecified atom stereocenters. The van der Waals surface area contributed by atoms with Crippen LogP contribution in [0, 0.1) is 0 Å². The van der Waals surface area contributed by atoms with Crippen molar-refractivity contribution < 1.29 is 4.79 Å². The zero-order valence-corrected chi connectivity index (χ0v) is 8.35. The molecular formula is C9H18N2O. The van der Waals surface area contributed by atoms with Gasteiger partial charge in [0.05, 0.1) is 5.54 Å². The predicted octanol–water partition coefficient (Wildman–Crippen LogP) is 0.605. The summed E-state index contributed by atoms with van der Waals surface area (Å²) in [5.41, 5.74) is 0.153. The Morgan fingerprint density at radius 3 is 2.33 bits per heavy atom. The molecule has 0 aliphatic carbocycles. The van der Waals surface area contributed by atoms with Crippen LogP contribution in [0.2, 0.25) is 0 Å². The lowest BCUT2D eigenvalue weighted by Gasteiger charge is -2.49. The maximum atomic E-state index is 10.9. The standard InChI is InChI=1S/C9H18N2O/c1-7(2)10-9(4)5-11(6-9)8(3)12/h7,10H,5-6H2,1-4H3. The van der Waals surface area contributed by atoms with Crippen molar-refractivity contribution in [2.75, 3.05) is 13.1 Å². The molecule has 1 rings (SSSR count). The van der Waals surface area contributed by atoms with Crippen molar-refractivity contribution in [3.05, 3.63) is 0 Å². The average Bonchev–Trinajstić information content (AvgIpc) is 1.80. The molecule has 70 valence electrons. The molecule has 3 heteroatoms. The second-order valence-electron chi connectivity index (χ2n) is 4.23. The van der Waals surface area contributed by atoms with E-state index in [2.05, 4.69) is 26.1 Å². The van der Waals surface area contributed by atoms with Crippen molar-refractivity contribution in [3.8, 4) is 0 Å². The number of hydrogen-bond donors (Lipinski definition) is 1. The molecule has 0 bridgehead atoms. The number of amides is 1. The molecule has 1 N–H and O–H groups in total. The van der Waals surface area contributed by atoms with E-state index in [0.29, 0.717) is 6.04 Å². The van der Waals surface area contributed by atoms with Crippen molar-refractivity contribution in [3.63, 3.8) is 0 Å². The van der Waals surface area contributed by atoms with Crippen LogP contribution in [0.3, 0.4) is 0 Å². The van der Waals surface area contributed by atoms with Gasteiger partial charge in [0.15, 0.2) is 0 Å². The number of nitrogens with zero attached hydrogens (tertiary/aromatic N) is 1. The van der Waals surface area contributed by atoms with Crippen LogP contribution in [0.4, 0.5) is 0 Å². The average molecular weight is 170 g/mol. The summed E-state index contributed by atoms with van der Waals surface area (Å²) in [6, 6.07) is 0.490. The van der Waals surface area contributed by atoms with Crippen molar-refractivity contribution in [2.45, 2.75) is 39.3 Å². The number of likely N-dealkylation sites (tertiary alicyclic amines) is 1. The summed E-state index contributed by atoms with van der Waals surface area (Å²) in [6.07, 6.45) is 0. The Balaban J connectivity index is 2.35. The van der Waals surface area contributed by atoms with E-state index in [0.717, 1.165) is 13.1 Å². The molecular weight excluding hydrogens is 152 g/mol. The number of hydrogen-bond acceptors (Lipinski definition) is 2. The summed E-state index contributed by atoms with van der Waals surface area (Å²) >= 11 is 0. The lowest BCUT2D eigenvalue weighted by Crippen LogP contribution is -2.69.